The van der Waals surface area contributed by atoms with Crippen molar-refractivity contribution in [2.75, 3.05) is 9.80 Å². The van der Waals surface area contributed by atoms with Gasteiger partial charge < -0.3 is 23.4 Å². The summed E-state index contributed by atoms with van der Waals surface area (Å²) >= 11 is 0. The Morgan fingerprint density at radius 1 is 0.229 bits per heavy atom. The van der Waals surface area contributed by atoms with Crippen LogP contribution in [0.5, 0.6) is 0 Å². The van der Waals surface area contributed by atoms with Crippen LogP contribution in [0.3, 0.4) is 0 Å². The third-order valence-corrected chi connectivity index (χ3v) is 20.3. The smallest absolute Gasteiger partial charge is 0.252 e. The van der Waals surface area contributed by atoms with Crippen molar-refractivity contribution in [2.24, 2.45) is 0 Å². The minimum Gasteiger partial charge on any atom is -0.456 e. The molecule has 5 nitrogen and oxygen atoms in total. The molecule has 0 amide bonds. The van der Waals surface area contributed by atoms with Gasteiger partial charge >= 0.3 is 0 Å². The van der Waals surface area contributed by atoms with Crippen molar-refractivity contribution in [2.45, 2.75) is 0 Å². The molecule has 0 saturated carbocycles. The number of hydrogen-bond acceptors (Lipinski definition) is 3. The van der Waals surface area contributed by atoms with E-state index < -0.39 is 0 Å². The summed E-state index contributed by atoms with van der Waals surface area (Å²) < 4.78 is 11.6. The van der Waals surface area contributed by atoms with E-state index in [2.05, 4.69) is 365 Å². The Balaban J connectivity index is 0.974. The average Bonchev–Trinajstić information content (AvgIpc) is 0.834. The van der Waals surface area contributed by atoms with Gasteiger partial charge in [0.05, 0.1) is 33.4 Å². The lowest BCUT2D eigenvalue weighted by atomic mass is 9.33. The first-order valence-corrected chi connectivity index (χ1v) is 33.1. The van der Waals surface area contributed by atoms with Crippen molar-refractivity contribution in [3.05, 3.63) is 346 Å². The fourth-order valence-corrected chi connectivity index (χ4v) is 16.2. The van der Waals surface area contributed by atoms with Gasteiger partial charge in [0.25, 0.3) is 6.71 Å². The van der Waals surface area contributed by atoms with Gasteiger partial charge in [-0.1, -0.05) is 267 Å². The molecule has 6 heteroatoms. The minimum absolute atomic E-state index is 0.255. The van der Waals surface area contributed by atoms with Crippen LogP contribution in [0.2, 0.25) is 0 Å². The third-order valence-electron chi connectivity index (χ3n) is 20.3. The molecule has 3 aromatic heterocycles. The van der Waals surface area contributed by atoms with Crippen LogP contribution in [0.15, 0.2) is 350 Å². The lowest BCUT2D eigenvalue weighted by Crippen LogP contribution is -2.61. The van der Waals surface area contributed by atoms with Crippen molar-refractivity contribution in [1.29, 1.82) is 0 Å². The maximum absolute atomic E-state index is 6.62. The molecule has 0 bridgehead atoms. The topological polar surface area (TPSA) is 29.5 Å². The fourth-order valence-electron chi connectivity index (χ4n) is 16.2. The first kappa shape index (κ1) is 54.0. The molecule has 15 aromatic carbocycles. The van der Waals surface area contributed by atoms with E-state index in [1.807, 2.05) is 0 Å². The van der Waals surface area contributed by atoms with Gasteiger partial charge in [-0.15, -0.1) is 0 Å². The number of furan rings is 1. The van der Waals surface area contributed by atoms with Gasteiger partial charge in [-0.2, -0.15) is 0 Å². The third kappa shape index (κ3) is 8.19. The second kappa shape index (κ2) is 21.5. The van der Waals surface area contributed by atoms with Crippen LogP contribution in [0, 0.1) is 0 Å². The molecule has 446 valence electrons. The van der Waals surface area contributed by atoms with Gasteiger partial charge in [-0.3, -0.25) is 0 Å². The zero-order valence-corrected chi connectivity index (χ0v) is 52.2. The molecule has 0 saturated heterocycles. The molecule has 96 heavy (non-hydrogen) atoms. The first-order valence-electron chi connectivity index (χ1n) is 33.1. The molecule has 20 rings (SSSR count). The number of nitrogens with zero attached hydrogens (tertiary/aromatic N) is 4. The minimum atomic E-state index is -0.255. The molecule has 0 spiro atoms. The maximum atomic E-state index is 6.62. The average molecular weight is 1220 g/mol. The standard InChI is InChI=1S/C90H57BN4O/c1-5-25-58(26-6-1)66-38-23-39-67(59-27-7-2-8-28-59)89(66)94-82-56-64(92-78-42-18-13-33-70(78)71-34-14-19-43-79(71)92)48-50-76(82)91-77-51-49-65(93-80-44-20-15-35-72(80)73-36-16-21-45-81(73)93)57-83(77)95(90-68(60-29-9-3-10-30-60)40-24-41-69(90)61-31-11-4-12-32-61)85-55-63(54-84(94)88(85)91)62-47-52-87-75(53-62)74-37-17-22-46-86(74)96-87/h1-57H. The zero-order valence-electron chi connectivity index (χ0n) is 52.2. The highest BCUT2D eigenvalue weighted by atomic mass is 16.3. The second-order valence-electron chi connectivity index (χ2n) is 25.4. The van der Waals surface area contributed by atoms with Crippen molar-refractivity contribution in [3.8, 4) is 67.0 Å². The normalized spacial score (nSPS) is 12.5. The Hall–Kier alpha value is -12.6. The van der Waals surface area contributed by atoms with Crippen molar-refractivity contribution in [3.63, 3.8) is 0 Å². The highest BCUT2D eigenvalue weighted by molar-refractivity contribution is 7.00. The van der Waals surface area contributed by atoms with Crippen LogP contribution in [0.4, 0.5) is 34.1 Å². The lowest BCUT2D eigenvalue weighted by molar-refractivity contribution is 0.669. The Morgan fingerprint density at radius 2 is 0.583 bits per heavy atom. The number of hydrogen-bond donors (Lipinski definition) is 0. The number of benzene rings is 15. The monoisotopic (exact) mass is 1220 g/mol. The molecular formula is C90H57BN4O. The highest BCUT2D eigenvalue weighted by Gasteiger charge is 2.46. The molecular weight excluding hydrogens is 1160 g/mol. The molecule has 18 aromatic rings. The summed E-state index contributed by atoms with van der Waals surface area (Å²) in [6, 6.07) is 128. The van der Waals surface area contributed by atoms with E-state index in [4.69, 9.17) is 4.42 Å². The number of aromatic nitrogens is 2. The molecule has 5 heterocycles. The van der Waals surface area contributed by atoms with E-state index in [1.165, 1.54) is 37.9 Å². The van der Waals surface area contributed by atoms with E-state index in [1.54, 1.807) is 0 Å². The molecule has 0 N–H and O–H groups in total. The summed E-state index contributed by atoms with van der Waals surface area (Å²) in [4.78, 5) is 5.33. The van der Waals surface area contributed by atoms with Gasteiger partial charge in [0.2, 0.25) is 0 Å². The predicted octanol–water partition coefficient (Wildman–Crippen LogP) is 22.2. The summed E-state index contributed by atoms with van der Waals surface area (Å²) in [6.07, 6.45) is 0. The Kier molecular flexibility index (Phi) is 12.1. The molecule has 2 aliphatic rings. The van der Waals surface area contributed by atoms with E-state index >= 15 is 0 Å². The Labute approximate surface area is 555 Å². The van der Waals surface area contributed by atoms with E-state index in [9.17, 15) is 0 Å². The molecule has 0 fully saturated rings. The fraction of sp³-hybridized carbons (Fsp3) is 0. The number of para-hydroxylation sites is 7. The van der Waals surface area contributed by atoms with E-state index in [0.29, 0.717) is 0 Å². The molecule has 2 aliphatic heterocycles. The predicted molar refractivity (Wildman–Crippen MR) is 404 cm³/mol. The number of rotatable bonds is 9. The van der Waals surface area contributed by atoms with E-state index in [-0.39, 0.29) is 6.71 Å². The Bertz CT molecular complexity index is 5630. The summed E-state index contributed by atoms with van der Waals surface area (Å²) in [6.45, 7) is -0.255. The summed E-state index contributed by atoms with van der Waals surface area (Å²) in [7, 11) is 0. The van der Waals surface area contributed by atoms with Crippen LogP contribution < -0.4 is 26.2 Å². The van der Waals surface area contributed by atoms with Crippen molar-refractivity contribution in [1.82, 2.24) is 9.13 Å². The van der Waals surface area contributed by atoms with Crippen LogP contribution in [0.1, 0.15) is 0 Å². The van der Waals surface area contributed by atoms with Crippen LogP contribution in [-0.2, 0) is 0 Å². The molecule has 0 radical (unpaired) electrons. The summed E-state index contributed by atoms with van der Waals surface area (Å²) in [5, 5.41) is 7.04. The lowest BCUT2D eigenvalue weighted by Gasteiger charge is -2.46. The van der Waals surface area contributed by atoms with Gasteiger partial charge in [0, 0.05) is 88.7 Å². The van der Waals surface area contributed by atoms with Gasteiger partial charge in [-0.05, 0) is 129 Å². The van der Waals surface area contributed by atoms with Crippen LogP contribution in [-0.4, -0.2) is 15.8 Å². The van der Waals surface area contributed by atoms with Gasteiger partial charge in [0.15, 0.2) is 0 Å². The number of anilines is 6. The summed E-state index contributed by atoms with van der Waals surface area (Å²) in [5.74, 6) is 0. The molecule has 0 unspecified atom stereocenters. The Morgan fingerprint density at radius 3 is 0.990 bits per heavy atom. The van der Waals surface area contributed by atoms with Crippen LogP contribution in [0.25, 0.3) is 133 Å². The van der Waals surface area contributed by atoms with E-state index in [0.717, 1.165) is 145 Å². The zero-order chi connectivity index (χ0) is 63.0. The van der Waals surface area contributed by atoms with Gasteiger partial charge in [-0.25, -0.2) is 0 Å². The SMILES string of the molecule is c1ccc(-c2cccc(-c3ccccc3)c2N2c3cc(-n4c5ccccc5c5ccccc54)ccc3B3c4ccc(-n5c6ccccc6c6ccccc65)cc4N(c4c(-c5ccccc5)cccc4-c4ccccc4)c4cc(-c5ccc6oc7ccccc7c6c5)cc2c43)cc1. The first-order chi connectivity index (χ1) is 47.7. The second-order valence-corrected chi connectivity index (χ2v) is 25.4. The van der Waals surface area contributed by atoms with Crippen molar-refractivity contribution < 1.29 is 4.42 Å². The molecule has 0 aliphatic carbocycles. The van der Waals surface area contributed by atoms with Gasteiger partial charge in [0.1, 0.15) is 11.2 Å². The van der Waals surface area contributed by atoms with Crippen LogP contribution >= 0.6 is 0 Å². The van der Waals surface area contributed by atoms with Crippen molar-refractivity contribution >= 4 is 123 Å². The molecule has 0 atom stereocenters. The largest absolute Gasteiger partial charge is 0.456 e. The quantitative estimate of drug-likeness (QED) is 0.135. The summed E-state index contributed by atoms with van der Waals surface area (Å²) in [5.41, 5.74) is 29.9. The highest BCUT2D eigenvalue weighted by Crippen LogP contribution is 2.54. The maximum Gasteiger partial charge on any atom is 0.252 e. The number of fused-ring (bicyclic) bond motifs is 13.